The second kappa shape index (κ2) is 5.95. The van der Waals surface area contributed by atoms with E-state index >= 15 is 0 Å². The number of esters is 1. The van der Waals surface area contributed by atoms with E-state index in [2.05, 4.69) is 4.74 Å². The number of hydrogen-bond acceptors (Lipinski definition) is 5. The maximum absolute atomic E-state index is 11.0. The number of nitro groups is 1. The first-order valence-electron chi connectivity index (χ1n) is 5.11. The van der Waals surface area contributed by atoms with Crippen molar-refractivity contribution in [3.63, 3.8) is 0 Å². The van der Waals surface area contributed by atoms with E-state index in [1.54, 1.807) is 12.1 Å². The number of hydrogen-bond donors (Lipinski definition) is 1. The van der Waals surface area contributed by atoms with Gasteiger partial charge in [-0.2, -0.15) is 0 Å². The summed E-state index contributed by atoms with van der Waals surface area (Å²) in [5.41, 5.74) is 6.52. The Morgan fingerprint density at radius 1 is 1.47 bits per heavy atom. The third-order valence-corrected chi connectivity index (χ3v) is 2.40. The molecule has 0 saturated heterocycles. The number of nitrogens with zero attached hydrogens (tertiary/aromatic N) is 1. The average molecular weight is 238 g/mol. The van der Waals surface area contributed by atoms with Crippen LogP contribution in [0.15, 0.2) is 24.3 Å². The van der Waals surface area contributed by atoms with E-state index in [0.29, 0.717) is 12.8 Å². The number of methoxy groups -OCH3 is 1. The highest BCUT2D eigenvalue weighted by atomic mass is 16.6. The summed E-state index contributed by atoms with van der Waals surface area (Å²) in [7, 11) is 1.29. The first-order chi connectivity index (χ1) is 8.04. The fourth-order valence-electron chi connectivity index (χ4n) is 1.38. The molecule has 0 fully saturated rings. The third-order valence-electron chi connectivity index (χ3n) is 2.40. The highest BCUT2D eigenvalue weighted by Crippen LogP contribution is 2.13. The second-order valence-corrected chi connectivity index (χ2v) is 3.59. The number of benzene rings is 1. The minimum absolute atomic E-state index is 0.0472. The Morgan fingerprint density at radius 2 is 2.06 bits per heavy atom. The Balaban J connectivity index is 2.53. The molecular formula is C11H14N2O4. The molecule has 1 atom stereocenters. The van der Waals surface area contributed by atoms with Crippen LogP contribution in [0.1, 0.15) is 12.0 Å². The second-order valence-electron chi connectivity index (χ2n) is 3.59. The summed E-state index contributed by atoms with van der Waals surface area (Å²) >= 11 is 0. The van der Waals surface area contributed by atoms with Crippen molar-refractivity contribution < 1.29 is 14.5 Å². The van der Waals surface area contributed by atoms with Crippen molar-refractivity contribution in [1.29, 1.82) is 0 Å². The van der Waals surface area contributed by atoms with Crippen molar-refractivity contribution in [3.05, 3.63) is 39.9 Å². The summed E-state index contributed by atoms with van der Waals surface area (Å²) in [6.07, 6.45) is 1.03. The summed E-state index contributed by atoms with van der Waals surface area (Å²) in [6, 6.07) is 5.51. The van der Waals surface area contributed by atoms with Gasteiger partial charge in [-0.15, -0.1) is 0 Å². The van der Waals surface area contributed by atoms with E-state index in [4.69, 9.17) is 5.73 Å². The Kier molecular flexibility index (Phi) is 4.59. The molecule has 0 amide bonds. The lowest BCUT2D eigenvalue weighted by atomic mass is 10.1. The SMILES string of the molecule is COC(=O)[C@@H](N)CCc1ccc([N+](=O)[O-])cc1. The molecule has 2 N–H and O–H groups in total. The van der Waals surface area contributed by atoms with Crippen LogP contribution in [0.25, 0.3) is 0 Å². The highest BCUT2D eigenvalue weighted by Gasteiger charge is 2.13. The van der Waals surface area contributed by atoms with Gasteiger partial charge in [-0.25, -0.2) is 0 Å². The first-order valence-corrected chi connectivity index (χ1v) is 5.11. The van der Waals surface area contributed by atoms with Gasteiger partial charge in [0.1, 0.15) is 6.04 Å². The Morgan fingerprint density at radius 3 is 2.53 bits per heavy atom. The number of aryl methyl sites for hydroxylation is 1. The number of nitro benzene ring substituents is 1. The Bertz CT molecular complexity index is 402. The predicted octanol–water partition coefficient (Wildman–Crippen LogP) is 1.03. The van der Waals surface area contributed by atoms with Crippen molar-refractivity contribution >= 4 is 11.7 Å². The van der Waals surface area contributed by atoms with Crippen LogP contribution < -0.4 is 5.73 Å². The molecule has 0 spiro atoms. The van der Waals surface area contributed by atoms with Crippen LogP contribution in [-0.2, 0) is 16.0 Å². The average Bonchev–Trinajstić information content (AvgIpc) is 2.35. The first kappa shape index (κ1) is 13.1. The fraction of sp³-hybridized carbons (Fsp3) is 0.364. The zero-order valence-corrected chi connectivity index (χ0v) is 9.46. The minimum Gasteiger partial charge on any atom is -0.468 e. The van der Waals surface area contributed by atoms with Crippen LogP contribution in [0.2, 0.25) is 0 Å². The topological polar surface area (TPSA) is 95.5 Å². The molecule has 0 radical (unpaired) electrons. The van der Waals surface area contributed by atoms with Crippen LogP contribution in [0.4, 0.5) is 5.69 Å². The van der Waals surface area contributed by atoms with Gasteiger partial charge in [0, 0.05) is 12.1 Å². The van der Waals surface area contributed by atoms with Crippen LogP contribution in [0.3, 0.4) is 0 Å². The molecule has 17 heavy (non-hydrogen) atoms. The Labute approximate surface area is 98.5 Å². The van der Waals surface area contributed by atoms with Crippen LogP contribution in [0, 0.1) is 10.1 Å². The molecule has 6 heteroatoms. The Hall–Kier alpha value is -1.95. The van der Waals surface area contributed by atoms with Crippen molar-refractivity contribution in [2.45, 2.75) is 18.9 Å². The van der Waals surface area contributed by atoms with Gasteiger partial charge in [-0.3, -0.25) is 14.9 Å². The van der Waals surface area contributed by atoms with Crippen molar-refractivity contribution in [3.8, 4) is 0 Å². The molecule has 0 aromatic heterocycles. The summed E-state index contributed by atoms with van der Waals surface area (Å²) in [5, 5.41) is 10.4. The van der Waals surface area contributed by atoms with Gasteiger partial charge in [0.25, 0.3) is 5.69 Å². The lowest BCUT2D eigenvalue weighted by Gasteiger charge is -2.08. The largest absolute Gasteiger partial charge is 0.468 e. The number of nitrogens with two attached hydrogens (primary N) is 1. The van der Waals surface area contributed by atoms with Crippen molar-refractivity contribution in [2.24, 2.45) is 5.73 Å². The molecule has 92 valence electrons. The molecule has 1 aromatic rings. The highest BCUT2D eigenvalue weighted by molar-refractivity contribution is 5.75. The van der Waals surface area contributed by atoms with Gasteiger partial charge in [-0.1, -0.05) is 12.1 Å². The smallest absolute Gasteiger partial charge is 0.322 e. The zero-order chi connectivity index (χ0) is 12.8. The predicted molar refractivity (Wildman–Crippen MR) is 61.4 cm³/mol. The molecule has 0 unspecified atom stereocenters. The quantitative estimate of drug-likeness (QED) is 0.469. The zero-order valence-electron chi connectivity index (χ0n) is 9.46. The summed E-state index contributed by atoms with van der Waals surface area (Å²) < 4.78 is 4.50. The molecule has 0 bridgehead atoms. The summed E-state index contributed by atoms with van der Waals surface area (Å²) in [5.74, 6) is -0.452. The van der Waals surface area contributed by atoms with Gasteiger partial charge in [0.2, 0.25) is 0 Å². The van der Waals surface area contributed by atoms with Gasteiger partial charge in [-0.05, 0) is 18.4 Å². The van der Waals surface area contributed by atoms with Gasteiger partial charge < -0.3 is 10.5 Å². The minimum atomic E-state index is -0.657. The van der Waals surface area contributed by atoms with Crippen LogP contribution >= 0.6 is 0 Å². The van der Waals surface area contributed by atoms with E-state index < -0.39 is 16.9 Å². The normalized spacial score (nSPS) is 11.9. The summed E-state index contributed by atoms with van der Waals surface area (Å²) in [4.78, 5) is 21.0. The number of carbonyl (C=O) groups is 1. The van der Waals surface area contributed by atoms with Crippen molar-refractivity contribution in [1.82, 2.24) is 0 Å². The number of non-ortho nitro benzene ring substituents is 1. The molecule has 6 nitrogen and oxygen atoms in total. The van der Waals surface area contributed by atoms with E-state index in [1.165, 1.54) is 19.2 Å². The monoisotopic (exact) mass is 238 g/mol. The van der Waals surface area contributed by atoms with Gasteiger partial charge >= 0.3 is 5.97 Å². The fourth-order valence-corrected chi connectivity index (χ4v) is 1.38. The maximum atomic E-state index is 11.0. The van der Waals surface area contributed by atoms with E-state index in [9.17, 15) is 14.9 Å². The number of rotatable bonds is 5. The van der Waals surface area contributed by atoms with Crippen molar-refractivity contribution in [2.75, 3.05) is 7.11 Å². The molecular weight excluding hydrogens is 224 g/mol. The molecule has 0 saturated carbocycles. The van der Waals surface area contributed by atoms with Crippen LogP contribution in [0.5, 0.6) is 0 Å². The van der Waals surface area contributed by atoms with E-state index in [0.717, 1.165) is 5.56 Å². The molecule has 0 aliphatic heterocycles. The standard InChI is InChI=1S/C11H14N2O4/c1-17-11(14)10(12)7-4-8-2-5-9(6-3-8)13(15)16/h2-3,5-6,10H,4,7,12H2,1H3/t10-/m0/s1. The maximum Gasteiger partial charge on any atom is 0.322 e. The molecule has 0 heterocycles. The molecule has 0 aliphatic carbocycles. The third kappa shape index (κ3) is 3.84. The molecule has 0 aliphatic rings. The number of carbonyl (C=O) groups excluding carboxylic acids is 1. The summed E-state index contributed by atoms with van der Waals surface area (Å²) in [6.45, 7) is 0. The van der Waals surface area contributed by atoms with E-state index in [1.807, 2.05) is 0 Å². The van der Waals surface area contributed by atoms with Crippen LogP contribution in [-0.4, -0.2) is 24.0 Å². The molecule has 1 rings (SSSR count). The molecule has 1 aromatic carbocycles. The number of ether oxygens (including phenoxy) is 1. The van der Waals surface area contributed by atoms with Gasteiger partial charge in [0.05, 0.1) is 12.0 Å². The lowest BCUT2D eigenvalue weighted by molar-refractivity contribution is -0.384. The lowest BCUT2D eigenvalue weighted by Crippen LogP contribution is -2.31. The van der Waals surface area contributed by atoms with E-state index in [-0.39, 0.29) is 5.69 Å². The van der Waals surface area contributed by atoms with Gasteiger partial charge in [0.15, 0.2) is 0 Å².